The first-order chi connectivity index (χ1) is 12.0. The molecule has 2 heterocycles. The monoisotopic (exact) mass is 345 g/mol. The summed E-state index contributed by atoms with van der Waals surface area (Å²) in [6.07, 6.45) is -0.671. The van der Waals surface area contributed by atoms with Crippen LogP contribution in [0.1, 0.15) is 19.7 Å². The Bertz CT molecular complexity index is 801. The standard InChI is InChI=1S/C17H23N5O3/c1-3-22-14-8-12(4-5-13(14)20-15(22)9-18)25-11(2)17(24)21-7-6-19-16(23)10-21/h4-5,8,11H,3,6-7,9-10,18H2,1-2H3,(H,19,23). The number of hydrogen-bond donors (Lipinski definition) is 2. The molecular formula is C17H23N5O3. The second-order valence-corrected chi connectivity index (χ2v) is 6.00. The van der Waals surface area contributed by atoms with E-state index >= 15 is 0 Å². The number of hydrogen-bond acceptors (Lipinski definition) is 5. The van der Waals surface area contributed by atoms with E-state index in [1.807, 2.05) is 23.6 Å². The number of carbonyl (C=O) groups is 2. The normalized spacial score (nSPS) is 16.0. The van der Waals surface area contributed by atoms with Crippen LogP contribution in [0.25, 0.3) is 11.0 Å². The van der Waals surface area contributed by atoms with E-state index in [2.05, 4.69) is 10.3 Å². The number of nitrogens with two attached hydrogens (primary N) is 1. The zero-order chi connectivity index (χ0) is 18.0. The maximum absolute atomic E-state index is 12.5. The van der Waals surface area contributed by atoms with Gasteiger partial charge in [-0.3, -0.25) is 9.59 Å². The number of ether oxygens (including phenoxy) is 1. The van der Waals surface area contributed by atoms with Crippen LogP contribution < -0.4 is 15.8 Å². The van der Waals surface area contributed by atoms with Crippen molar-refractivity contribution < 1.29 is 14.3 Å². The molecule has 134 valence electrons. The number of rotatable bonds is 5. The van der Waals surface area contributed by atoms with E-state index in [0.717, 1.165) is 23.4 Å². The molecule has 1 atom stereocenters. The Balaban J connectivity index is 1.77. The van der Waals surface area contributed by atoms with Crippen LogP contribution in [0.3, 0.4) is 0 Å². The van der Waals surface area contributed by atoms with Crippen molar-refractivity contribution in [1.82, 2.24) is 19.8 Å². The molecule has 1 aliphatic rings. The molecule has 2 amide bonds. The summed E-state index contributed by atoms with van der Waals surface area (Å²) in [6.45, 7) is 5.89. The van der Waals surface area contributed by atoms with Crippen LogP contribution in [0.5, 0.6) is 5.75 Å². The molecule has 3 N–H and O–H groups in total. The van der Waals surface area contributed by atoms with Crippen molar-refractivity contribution in [2.24, 2.45) is 5.73 Å². The summed E-state index contributed by atoms with van der Waals surface area (Å²) in [5.74, 6) is 1.07. The average Bonchev–Trinajstić information content (AvgIpc) is 2.98. The molecule has 0 radical (unpaired) electrons. The lowest BCUT2D eigenvalue weighted by Gasteiger charge is -2.29. The molecule has 2 aromatic rings. The van der Waals surface area contributed by atoms with E-state index in [4.69, 9.17) is 10.5 Å². The molecule has 1 aliphatic heterocycles. The van der Waals surface area contributed by atoms with Crippen LogP contribution in [0.4, 0.5) is 0 Å². The van der Waals surface area contributed by atoms with Crippen molar-refractivity contribution in [2.75, 3.05) is 19.6 Å². The SMILES string of the molecule is CCn1c(CN)nc2ccc(OC(C)C(=O)N3CCNC(=O)C3)cc21. The number of fused-ring (bicyclic) bond motifs is 1. The Kier molecular flexibility index (Phi) is 4.89. The second-order valence-electron chi connectivity index (χ2n) is 6.00. The third kappa shape index (κ3) is 3.43. The Hall–Kier alpha value is -2.61. The highest BCUT2D eigenvalue weighted by Gasteiger charge is 2.26. The number of amides is 2. The van der Waals surface area contributed by atoms with Gasteiger partial charge in [-0.05, 0) is 26.0 Å². The van der Waals surface area contributed by atoms with E-state index in [-0.39, 0.29) is 18.4 Å². The number of piperazine rings is 1. The molecule has 1 aromatic carbocycles. The molecule has 1 aromatic heterocycles. The van der Waals surface area contributed by atoms with Crippen molar-refractivity contribution in [3.05, 3.63) is 24.0 Å². The zero-order valence-corrected chi connectivity index (χ0v) is 14.5. The lowest BCUT2D eigenvalue weighted by molar-refractivity contribution is -0.143. The number of imidazole rings is 1. The predicted octanol–water partition coefficient (Wildman–Crippen LogP) is 0.241. The third-order valence-electron chi connectivity index (χ3n) is 4.31. The van der Waals surface area contributed by atoms with Gasteiger partial charge in [0, 0.05) is 25.7 Å². The Morgan fingerprint density at radius 2 is 2.28 bits per heavy atom. The van der Waals surface area contributed by atoms with Gasteiger partial charge in [0.1, 0.15) is 11.6 Å². The maximum Gasteiger partial charge on any atom is 0.263 e. The summed E-state index contributed by atoms with van der Waals surface area (Å²) in [6, 6.07) is 5.53. The Morgan fingerprint density at radius 3 is 2.96 bits per heavy atom. The van der Waals surface area contributed by atoms with Gasteiger partial charge in [0.25, 0.3) is 5.91 Å². The summed E-state index contributed by atoms with van der Waals surface area (Å²) in [7, 11) is 0. The first-order valence-corrected chi connectivity index (χ1v) is 8.44. The fourth-order valence-electron chi connectivity index (χ4n) is 3.07. The van der Waals surface area contributed by atoms with Crippen LogP contribution in [0.15, 0.2) is 18.2 Å². The topological polar surface area (TPSA) is 102 Å². The van der Waals surface area contributed by atoms with Crippen LogP contribution >= 0.6 is 0 Å². The summed E-state index contributed by atoms with van der Waals surface area (Å²) >= 11 is 0. The molecule has 0 saturated carbocycles. The van der Waals surface area contributed by atoms with E-state index in [1.54, 1.807) is 13.0 Å². The quantitative estimate of drug-likeness (QED) is 0.808. The Labute approximate surface area is 145 Å². The largest absolute Gasteiger partial charge is 0.481 e. The van der Waals surface area contributed by atoms with Gasteiger partial charge < -0.3 is 25.3 Å². The number of benzene rings is 1. The maximum atomic E-state index is 12.5. The van der Waals surface area contributed by atoms with Gasteiger partial charge in [-0.25, -0.2) is 4.98 Å². The van der Waals surface area contributed by atoms with Crippen LogP contribution in [0, 0.1) is 0 Å². The number of nitrogens with zero attached hydrogens (tertiary/aromatic N) is 3. The molecular weight excluding hydrogens is 322 g/mol. The van der Waals surface area contributed by atoms with Gasteiger partial charge in [-0.2, -0.15) is 0 Å². The van der Waals surface area contributed by atoms with Gasteiger partial charge in [0.05, 0.1) is 24.1 Å². The van der Waals surface area contributed by atoms with E-state index in [0.29, 0.717) is 25.4 Å². The molecule has 1 unspecified atom stereocenters. The van der Waals surface area contributed by atoms with E-state index < -0.39 is 6.10 Å². The summed E-state index contributed by atoms with van der Waals surface area (Å²) in [5.41, 5.74) is 7.52. The summed E-state index contributed by atoms with van der Waals surface area (Å²) in [4.78, 5) is 29.9. The van der Waals surface area contributed by atoms with Crippen molar-refractivity contribution >= 4 is 22.8 Å². The molecule has 25 heavy (non-hydrogen) atoms. The number of aromatic nitrogens is 2. The van der Waals surface area contributed by atoms with Gasteiger partial charge in [0.2, 0.25) is 5.91 Å². The van der Waals surface area contributed by atoms with Gasteiger partial charge in [-0.1, -0.05) is 0 Å². The summed E-state index contributed by atoms with van der Waals surface area (Å²) in [5, 5.41) is 2.70. The lowest BCUT2D eigenvalue weighted by Crippen LogP contribution is -2.53. The highest BCUT2D eigenvalue weighted by molar-refractivity contribution is 5.88. The first kappa shape index (κ1) is 17.2. The van der Waals surface area contributed by atoms with Crippen LogP contribution in [0.2, 0.25) is 0 Å². The molecule has 8 heteroatoms. The number of carbonyl (C=O) groups excluding carboxylic acids is 2. The highest BCUT2D eigenvalue weighted by atomic mass is 16.5. The molecule has 0 bridgehead atoms. The van der Waals surface area contributed by atoms with E-state index in [1.165, 1.54) is 4.90 Å². The number of nitrogens with one attached hydrogen (secondary N) is 1. The molecule has 1 saturated heterocycles. The fraction of sp³-hybridized carbons (Fsp3) is 0.471. The average molecular weight is 345 g/mol. The molecule has 8 nitrogen and oxygen atoms in total. The van der Waals surface area contributed by atoms with Crippen LogP contribution in [-0.2, 0) is 22.7 Å². The summed E-state index contributed by atoms with van der Waals surface area (Å²) < 4.78 is 7.85. The first-order valence-electron chi connectivity index (χ1n) is 8.44. The molecule has 1 fully saturated rings. The van der Waals surface area contributed by atoms with Crippen LogP contribution in [-0.4, -0.2) is 52.0 Å². The number of aryl methyl sites for hydroxylation is 1. The molecule has 0 aliphatic carbocycles. The third-order valence-corrected chi connectivity index (χ3v) is 4.31. The minimum atomic E-state index is -0.671. The predicted molar refractivity (Wildman–Crippen MR) is 93.0 cm³/mol. The fourth-order valence-corrected chi connectivity index (χ4v) is 3.07. The van der Waals surface area contributed by atoms with Crippen molar-refractivity contribution in [3.63, 3.8) is 0 Å². The van der Waals surface area contributed by atoms with E-state index in [9.17, 15) is 9.59 Å². The lowest BCUT2D eigenvalue weighted by atomic mass is 10.2. The van der Waals surface area contributed by atoms with Gasteiger partial charge in [0.15, 0.2) is 6.10 Å². The minimum Gasteiger partial charge on any atom is -0.481 e. The minimum absolute atomic E-state index is 0.0774. The van der Waals surface area contributed by atoms with Crippen molar-refractivity contribution in [2.45, 2.75) is 33.0 Å². The zero-order valence-electron chi connectivity index (χ0n) is 14.5. The van der Waals surface area contributed by atoms with Crippen molar-refractivity contribution in [3.8, 4) is 5.75 Å². The molecule has 0 spiro atoms. The Morgan fingerprint density at radius 1 is 1.48 bits per heavy atom. The van der Waals surface area contributed by atoms with Gasteiger partial charge in [-0.15, -0.1) is 0 Å². The van der Waals surface area contributed by atoms with Crippen molar-refractivity contribution in [1.29, 1.82) is 0 Å². The smallest absolute Gasteiger partial charge is 0.263 e. The second kappa shape index (κ2) is 7.10. The van der Waals surface area contributed by atoms with Gasteiger partial charge >= 0.3 is 0 Å². The highest BCUT2D eigenvalue weighted by Crippen LogP contribution is 2.23. The molecule has 3 rings (SSSR count).